The summed E-state index contributed by atoms with van der Waals surface area (Å²) in [4.78, 5) is 10.2. The van der Waals surface area contributed by atoms with Gasteiger partial charge >= 0.3 is 0 Å². The van der Waals surface area contributed by atoms with Crippen LogP contribution in [0.25, 0.3) is 0 Å². The Morgan fingerprint density at radius 3 is 2.50 bits per heavy atom. The molecule has 3 atom stereocenters. The minimum Gasteiger partial charge on any atom is -0.464 e. The third-order valence-electron chi connectivity index (χ3n) is 2.64. The van der Waals surface area contributed by atoms with E-state index in [4.69, 9.17) is 4.74 Å². The van der Waals surface area contributed by atoms with E-state index in [1.54, 1.807) is 0 Å². The molecule has 2 heteroatoms. The van der Waals surface area contributed by atoms with Crippen LogP contribution in [-0.2, 0) is 9.53 Å². The molecule has 0 bridgehead atoms. The first-order chi connectivity index (χ1) is 6.77. The summed E-state index contributed by atoms with van der Waals surface area (Å²) in [5.74, 6) is 1.04. The lowest BCUT2D eigenvalue weighted by atomic mass is 9.81. The fourth-order valence-corrected chi connectivity index (χ4v) is 1.85. The van der Waals surface area contributed by atoms with Crippen molar-refractivity contribution in [3.63, 3.8) is 0 Å². The van der Waals surface area contributed by atoms with Crippen LogP contribution in [0.2, 0.25) is 0 Å². The second-order valence-electron chi connectivity index (χ2n) is 3.59. The minimum atomic E-state index is 0.0729. The molecule has 2 nitrogen and oxygen atoms in total. The Hall–Kier alpha value is -0.790. The van der Waals surface area contributed by atoms with E-state index >= 15 is 0 Å². The van der Waals surface area contributed by atoms with Gasteiger partial charge in [0, 0.05) is 5.92 Å². The van der Waals surface area contributed by atoms with Crippen molar-refractivity contribution in [3.8, 4) is 0 Å². The lowest BCUT2D eigenvalue weighted by Gasteiger charge is -2.31. The van der Waals surface area contributed by atoms with Gasteiger partial charge in [-0.15, -0.1) is 6.58 Å². The summed E-state index contributed by atoms with van der Waals surface area (Å²) in [6.07, 6.45) is 5.28. The third kappa shape index (κ3) is 3.95. The van der Waals surface area contributed by atoms with Crippen LogP contribution in [0, 0.1) is 11.8 Å². The number of ether oxygens (including phenoxy) is 1. The highest BCUT2D eigenvalue weighted by Crippen LogP contribution is 2.30. The smallest absolute Gasteiger partial charge is 0.293 e. The predicted molar refractivity (Wildman–Crippen MR) is 59.0 cm³/mol. The van der Waals surface area contributed by atoms with Crippen LogP contribution in [0.15, 0.2) is 12.7 Å². The summed E-state index contributed by atoms with van der Waals surface area (Å²) in [5.41, 5.74) is 0. The van der Waals surface area contributed by atoms with Gasteiger partial charge in [0.1, 0.15) is 6.10 Å². The first kappa shape index (κ1) is 13.2. The molecule has 0 aromatic carbocycles. The molecular weight excluding hydrogens is 176 g/mol. The fourth-order valence-electron chi connectivity index (χ4n) is 1.85. The predicted octanol–water partition coefficient (Wildman–Crippen LogP) is 3.18. The summed E-state index contributed by atoms with van der Waals surface area (Å²) >= 11 is 0. The van der Waals surface area contributed by atoms with Crippen LogP contribution in [0.5, 0.6) is 0 Å². The summed E-state index contributed by atoms with van der Waals surface area (Å²) < 4.78 is 5.00. The number of rotatable bonds is 3. The highest BCUT2D eigenvalue weighted by Gasteiger charge is 2.27. The second kappa shape index (κ2) is 7.60. The normalized spacial score (nSPS) is 30.9. The van der Waals surface area contributed by atoms with E-state index in [2.05, 4.69) is 13.5 Å². The van der Waals surface area contributed by atoms with Crippen LogP contribution in [0.3, 0.4) is 0 Å². The molecule has 0 heterocycles. The van der Waals surface area contributed by atoms with Crippen molar-refractivity contribution in [2.75, 3.05) is 0 Å². The topological polar surface area (TPSA) is 26.3 Å². The largest absolute Gasteiger partial charge is 0.464 e. The van der Waals surface area contributed by atoms with E-state index in [9.17, 15) is 4.79 Å². The van der Waals surface area contributed by atoms with Gasteiger partial charge in [-0.2, -0.15) is 0 Å². The molecule has 1 fully saturated rings. The quantitative estimate of drug-likeness (QED) is 0.514. The maximum absolute atomic E-state index is 10.2. The molecule has 0 N–H and O–H groups in total. The minimum absolute atomic E-state index is 0.0729. The van der Waals surface area contributed by atoms with E-state index < -0.39 is 0 Å². The van der Waals surface area contributed by atoms with Gasteiger partial charge < -0.3 is 4.74 Å². The van der Waals surface area contributed by atoms with Gasteiger partial charge in [-0.1, -0.05) is 26.8 Å². The first-order valence-corrected chi connectivity index (χ1v) is 5.49. The zero-order valence-corrected chi connectivity index (χ0v) is 9.53. The maximum Gasteiger partial charge on any atom is 0.293 e. The third-order valence-corrected chi connectivity index (χ3v) is 2.64. The van der Waals surface area contributed by atoms with Crippen LogP contribution >= 0.6 is 0 Å². The molecule has 1 aliphatic carbocycles. The van der Waals surface area contributed by atoms with E-state index in [0.717, 1.165) is 12.8 Å². The van der Waals surface area contributed by atoms with E-state index in [1.165, 1.54) is 6.42 Å². The van der Waals surface area contributed by atoms with Crippen molar-refractivity contribution < 1.29 is 9.53 Å². The lowest BCUT2D eigenvalue weighted by molar-refractivity contribution is -0.137. The molecule has 0 saturated heterocycles. The van der Waals surface area contributed by atoms with Gasteiger partial charge in [0.25, 0.3) is 6.47 Å². The number of hydrogen-bond acceptors (Lipinski definition) is 2. The van der Waals surface area contributed by atoms with Gasteiger partial charge in [-0.05, 0) is 25.2 Å². The Balaban J connectivity index is 0.000000791. The first-order valence-electron chi connectivity index (χ1n) is 5.49. The molecule has 0 spiro atoms. The Labute approximate surface area is 87.3 Å². The van der Waals surface area contributed by atoms with Gasteiger partial charge in [0.05, 0.1) is 0 Å². The van der Waals surface area contributed by atoms with E-state index in [-0.39, 0.29) is 6.10 Å². The van der Waals surface area contributed by atoms with Crippen molar-refractivity contribution >= 4 is 6.47 Å². The van der Waals surface area contributed by atoms with Gasteiger partial charge in [0.2, 0.25) is 0 Å². The molecule has 1 saturated carbocycles. The summed E-state index contributed by atoms with van der Waals surface area (Å²) in [6.45, 7) is 10.5. The summed E-state index contributed by atoms with van der Waals surface area (Å²) in [5, 5.41) is 0. The van der Waals surface area contributed by atoms with Gasteiger partial charge in [-0.3, -0.25) is 4.79 Å². The van der Waals surface area contributed by atoms with Gasteiger partial charge in [-0.25, -0.2) is 0 Å². The highest BCUT2D eigenvalue weighted by molar-refractivity contribution is 5.37. The molecule has 0 aromatic heterocycles. The molecule has 1 rings (SSSR count). The maximum atomic E-state index is 10.2. The van der Waals surface area contributed by atoms with Crippen molar-refractivity contribution in [1.82, 2.24) is 0 Å². The molecule has 3 unspecified atom stereocenters. The van der Waals surface area contributed by atoms with Crippen molar-refractivity contribution in [3.05, 3.63) is 12.7 Å². The Bertz CT molecular complexity index is 166. The molecule has 1 aliphatic rings. The van der Waals surface area contributed by atoms with Crippen LogP contribution in [0.1, 0.15) is 40.0 Å². The van der Waals surface area contributed by atoms with Crippen LogP contribution in [-0.4, -0.2) is 12.6 Å². The Morgan fingerprint density at radius 1 is 1.36 bits per heavy atom. The average molecular weight is 198 g/mol. The van der Waals surface area contributed by atoms with E-state index in [1.807, 2.05) is 19.9 Å². The SMILES string of the molecule is C=CC1CCC(C)CC1OC=O.CC. The second-order valence-corrected chi connectivity index (χ2v) is 3.59. The van der Waals surface area contributed by atoms with Crippen molar-refractivity contribution in [2.45, 2.75) is 46.1 Å². The molecule has 82 valence electrons. The molecule has 0 aromatic rings. The van der Waals surface area contributed by atoms with Crippen molar-refractivity contribution in [1.29, 1.82) is 0 Å². The summed E-state index contributed by atoms with van der Waals surface area (Å²) in [6, 6.07) is 0. The number of carbonyl (C=O) groups is 1. The standard InChI is InChI=1S/C10H16O2.C2H6/c1-3-9-5-4-8(2)6-10(9)12-7-11;1-2/h3,7-10H,1,4-6H2,2H3;1-2H3. The summed E-state index contributed by atoms with van der Waals surface area (Å²) in [7, 11) is 0. The lowest BCUT2D eigenvalue weighted by Crippen LogP contribution is -2.29. The zero-order valence-electron chi connectivity index (χ0n) is 9.53. The van der Waals surface area contributed by atoms with Gasteiger partial charge in [0.15, 0.2) is 0 Å². The van der Waals surface area contributed by atoms with Crippen LogP contribution < -0.4 is 0 Å². The molecule has 0 aliphatic heterocycles. The Morgan fingerprint density at radius 2 is 2.00 bits per heavy atom. The molecule has 0 amide bonds. The average Bonchev–Trinajstić information content (AvgIpc) is 2.22. The fraction of sp³-hybridized carbons (Fsp3) is 0.750. The molecular formula is C12H22O2. The van der Waals surface area contributed by atoms with E-state index in [0.29, 0.717) is 18.3 Å². The molecule has 14 heavy (non-hydrogen) atoms. The highest BCUT2D eigenvalue weighted by atomic mass is 16.5. The van der Waals surface area contributed by atoms with Crippen molar-refractivity contribution in [2.24, 2.45) is 11.8 Å². The number of hydrogen-bond donors (Lipinski definition) is 0. The monoisotopic (exact) mass is 198 g/mol. The molecule has 0 radical (unpaired) electrons. The Kier molecular flexibility index (Phi) is 7.17. The number of carbonyl (C=O) groups excluding carboxylic acids is 1. The zero-order chi connectivity index (χ0) is 11.0. The van der Waals surface area contributed by atoms with Crippen LogP contribution in [0.4, 0.5) is 0 Å².